The average molecular weight is 325 g/mol. The fraction of sp³-hybridized carbons (Fsp3) is 0.467. The lowest BCUT2D eigenvalue weighted by molar-refractivity contribution is -0.146. The number of fused-ring (bicyclic) bond motifs is 1. The number of para-hydroxylation sites is 2. The molecule has 23 heavy (non-hydrogen) atoms. The Morgan fingerprint density at radius 1 is 1.48 bits per heavy atom. The number of aromatic nitrogens is 2. The number of hydrogen-bond donors (Lipinski definition) is 1. The van der Waals surface area contributed by atoms with Crippen molar-refractivity contribution in [3.63, 3.8) is 0 Å². The Kier molecular flexibility index (Phi) is 4.27. The molecule has 0 radical (unpaired) electrons. The zero-order valence-electron chi connectivity index (χ0n) is 12.5. The number of esters is 1. The van der Waals surface area contributed by atoms with Gasteiger partial charge in [-0.15, -0.1) is 0 Å². The van der Waals surface area contributed by atoms with Gasteiger partial charge in [0.2, 0.25) is 0 Å². The molecular formula is C15H17F2N3O3. The van der Waals surface area contributed by atoms with E-state index in [-0.39, 0.29) is 25.3 Å². The molecule has 1 aliphatic rings. The number of halogens is 2. The molecule has 1 fully saturated rings. The van der Waals surface area contributed by atoms with Crippen molar-refractivity contribution in [3.8, 4) is 0 Å². The predicted octanol–water partition coefficient (Wildman–Crippen LogP) is 1.54. The summed E-state index contributed by atoms with van der Waals surface area (Å²) in [6.45, 7) is -2.48. The normalized spacial score (nSPS) is 22.1. The van der Waals surface area contributed by atoms with E-state index in [1.807, 2.05) is 0 Å². The molecule has 124 valence electrons. The van der Waals surface area contributed by atoms with E-state index < -0.39 is 24.7 Å². The lowest BCUT2D eigenvalue weighted by Gasteiger charge is -2.22. The second kappa shape index (κ2) is 6.21. The molecule has 1 saturated heterocycles. The van der Waals surface area contributed by atoms with Gasteiger partial charge >= 0.3 is 12.5 Å². The molecule has 3 rings (SSSR count). The van der Waals surface area contributed by atoms with Crippen molar-refractivity contribution in [2.45, 2.75) is 31.7 Å². The van der Waals surface area contributed by atoms with Crippen molar-refractivity contribution in [3.05, 3.63) is 30.1 Å². The first-order chi connectivity index (χ1) is 11.0. The number of rotatable bonds is 4. The summed E-state index contributed by atoms with van der Waals surface area (Å²) in [5.74, 6) is -0.328. The maximum absolute atomic E-state index is 13.4. The molecule has 0 spiro atoms. The van der Waals surface area contributed by atoms with Crippen molar-refractivity contribution < 1.29 is 23.4 Å². The van der Waals surface area contributed by atoms with Crippen LogP contribution in [-0.2, 0) is 16.1 Å². The highest BCUT2D eigenvalue weighted by Gasteiger charge is 2.37. The highest BCUT2D eigenvalue weighted by atomic mass is 19.3. The molecule has 1 aromatic heterocycles. The zero-order chi connectivity index (χ0) is 16.6. The molecule has 0 aliphatic carbocycles. The molecule has 0 unspecified atom stereocenters. The molecule has 6 nitrogen and oxygen atoms in total. The number of aliphatic hydroxyl groups excluding tert-OH is 1. The monoisotopic (exact) mass is 325 g/mol. The van der Waals surface area contributed by atoms with Crippen LogP contribution in [0, 0.1) is 0 Å². The van der Waals surface area contributed by atoms with Gasteiger partial charge in [0.05, 0.1) is 30.8 Å². The fourth-order valence-electron chi connectivity index (χ4n) is 3.04. The first kappa shape index (κ1) is 15.8. The third kappa shape index (κ3) is 2.91. The minimum absolute atomic E-state index is 0.0375. The number of alkyl halides is 2. The van der Waals surface area contributed by atoms with Crippen LogP contribution in [0.5, 0.6) is 0 Å². The van der Waals surface area contributed by atoms with Gasteiger partial charge in [0.1, 0.15) is 11.9 Å². The molecule has 8 heteroatoms. The zero-order valence-corrected chi connectivity index (χ0v) is 12.5. The summed E-state index contributed by atoms with van der Waals surface area (Å²) in [6.07, 6.45) is -0.467. The highest BCUT2D eigenvalue weighted by Crippen LogP contribution is 2.27. The van der Waals surface area contributed by atoms with Gasteiger partial charge in [-0.1, -0.05) is 12.1 Å². The number of likely N-dealkylation sites (tertiary alicyclic amines) is 1. The summed E-state index contributed by atoms with van der Waals surface area (Å²) in [5.41, 5.74) is 0.809. The Morgan fingerprint density at radius 3 is 2.91 bits per heavy atom. The summed E-state index contributed by atoms with van der Waals surface area (Å²) in [4.78, 5) is 17.7. The Labute approximate surface area is 131 Å². The second-order valence-electron chi connectivity index (χ2n) is 5.52. The number of carbonyl (C=O) groups is 1. The second-order valence-corrected chi connectivity index (χ2v) is 5.52. The van der Waals surface area contributed by atoms with Crippen LogP contribution in [0.2, 0.25) is 0 Å². The Balaban J connectivity index is 1.94. The number of nitrogens with zero attached hydrogens (tertiary/aromatic N) is 3. The van der Waals surface area contributed by atoms with Gasteiger partial charge < -0.3 is 9.84 Å². The topological polar surface area (TPSA) is 67.6 Å². The predicted molar refractivity (Wildman–Crippen MR) is 77.8 cm³/mol. The number of benzene rings is 1. The molecule has 1 N–H and O–H groups in total. The average Bonchev–Trinajstić information content (AvgIpc) is 3.06. The molecule has 0 saturated carbocycles. The Hall–Kier alpha value is -2.06. The van der Waals surface area contributed by atoms with Crippen LogP contribution in [0.4, 0.5) is 8.78 Å². The number of imidazole rings is 1. The van der Waals surface area contributed by atoms with Gasteiger partial charge in [-0.3, -0.25) is 14.3 Å². The minimum Gasteiger partial charge on any atom is -0.468 e. The molecular weight excluding hydrogens is 308 g/mol. The van der Waals surface area contributed by atoms with Gasteiger partial charge in [-0.25, -0.2) is 4.98 Å². The van der Waals surface area contributed by atoms with E-state index in [0.717, 1.165) is 4.57 Å². The van der Waals surface area contributed by atoms with Crippen LogP contribution in [0.1, 0.15) is 18.8 Å². The summed E-state index contributed by atoms with van der Waals surface area (Å²) in [5, 5.41) is 9.79. The third-order valence-electron chi connectivity index (χ3n) is 4.06. The van der Waals surface area contributed by atoms with E-state index in [1.54, 1.807) is 29.2 Å². The smallest absolute Gasteiger partial charge is 0.323 e. The Bertz CT molecular complexity index is 719. The number of β-amino-alcohol motifs (C(OH)–C–C–N with tert-alkyl or cyclic N) is 1. The van der Waals surface area contributed by atoms with Gasteiger partial charge in [-0.05, 0) is 12.1 Å². The molecule has 0 amide bonds. The summed E-state index contributed by atoms with van der Waals surface area (Å²) in [6, 6.07) is 5.99. The quantitative estimate of drug-likeness (QED) is 0.864. The summed E-state index contributed by atoms with van der Waals surface area (Å²) >= 11 is 0. The van der Waals surface area contributed by atoms with Gasteiger partial charge in [0.25, 0.3) is 0 Å². The summed E-state index contributed by atoms with van der Waals surface area (Å²) in [7, 11) is 1.26. The van der Waals surface area contributed by atoms with Crippen LogP contribution >= 0.6 is 0 Å². The van der Waals surface area contributed by atoms with Crippen LogP contribution < -0.4 is 0 Å². The van der Waals surface area contributed by atoms with E-state index >= 15 is 0 Å². The van der Waals surface area contributed by atoms with Crippen LogP contribution in [0.15, 0.2) is 24.3 Å². The van der Waals surface area contributed by atoms with Crippen molar-refractivity contribution in [2.24, 2.45) is 0 Å². The van der Waals surface area contributed by atoms with Crippen molar-refractivity contribution >= 4 is 17.0 Å². The highest BCUT2D eigenvalue weighted by molar-refractivity contribution is 5.77. The van der Waals surface area contributed by atoms with E-state index in [4.69, 9.17) is 4.74 Å². The first-order valence-electron chi connectivity index (χ1n) is 7.25. The number of hydrogen-bond acceptors (Lipinski definition) is 5. The van der Waals surface area contributed by atoms with Crippen molar-refractivity contribution in [1.82, 2.24) is 14.5 Å². The van der Waals surface area contributed by atoms with Gasteiger partial charge in [-0.2, -0.15) is 8.78 Å². The minimum atomic E-state index is -2.73. The van der Waals surface area contributed by atoms with Crippen LogP contribution in [0.3, 0.4) is 0 Å². The molecule has 1 aromatic carbocycles. The maximum atomic E-state index is 13.4. The van der Waals surface area contributed by atoms with Crippen LogP contribution in [-0.4, -0.2) is 51.3 Å². The van der Waals surface area contributed by atoms with E-state index in [2.05, 4.69) is 4.98 Å². The SMILES string of the molecule is COC(=O)[C@H]1C[C@H](O)CN1Cc1nc2ccccc2n1C(F)F. The number of ether oxygens (including phenoxy) is 1. The standard InChI is InChI=1S/C15H17F2N3O3/c1-23-14(22)12-6-9(21)7-19(12)8-13-18-10-4-2-3-5-11(10)20(13)15(16)17/h2-5,9,12,15,21H,6-8H2,1H3/t9-,12+/m0/s1. The lowest BCUT2D eigenvalue weighted by Crippen LogP contribution is -2.37. The van der Waals surface area contributed by atoms with E-state index in [0.29, 0.717) is 11.0 Å². The van der Waals surface area contributed by atoms with Crippen molar-refractivity contribution in [2.75, 3.05) is 13.7 Å². The Morgan fingerprint density at radius 2 is 2.22 bits per heavy atom. The fourth-order valence-corrected chi connectivity index (χ4v) is 3.04. The molecule has 1 aliphatic heterocycles. The maximum Gasteiger partial charge on any atom is 0.323 e. The molecule has 2 aromatic rings. The first-order valence-corrected chi connectivity index (χ1v) is 7.25. The third-order valence-corrected chi connectivity index (χ3v) is 4.06. The lowest BCUT2D eigenvalue weighted by atomic mass is 10.2. The van der Waals surface area contributed by atoms with E-state index in [1.165, 1.54) is 7.11 Å². The molecule has 0 bridgehead atoms. The largest absolute Gasteiger partial charge is 0.468 e. The number of aliphatic hydroxyl groups is 1. The van der Waals surface area contributed by atoms with E-state index in [9.17, 15) is 18.7 Å². The van der Waals surface area contributed by atoms with Gasteiger partial charge in [0.15, 0.2) is 0 Å². The molecule has 2 heterocycles. The summed E-state index contributed by atoms with van der Waals surface area (Å²) < 4.78 is 32.4. The van der Waals surface area contributed by atoms with Crippen LogP contribution in [0.25, 0.3) is 11.0 Å². The number of carbonyl (C=O) groups excluding carboxylic acids is 1. The van der Waals surface area contributed by atoms with Gasteiger partial charge in [0, 0.05) is 13.0 Å². The van der Waals surface area contributed by atoms with Crippen molar-refractivity contribution in [1.29, 1.82) is 0 Å². The number of methoxy groups -OCH3 is 1. The molecule has 2 atom stereocenters.